The predicted molar refractivity (Wildman–Crippen MR) is 206 cm³/mol. The highest BCUT2D eigenvalue weighted by molar-refractivity contribution is 7.20. The normalized spacial score (nSPS) is 12.3. The van der Waals surface area contributed by atoms with Crippen molar-refractivity contribution in [2.24, 2.45) is 0 Å². The van der Waals surface area contributed by atoms with Gasteiger partial charge in [-0.3, -0.25) is 0 Å². The Hall–Kier alpha value is -5.76. The second-order valence-corrected chi connectivity index (χ2v) is 16.6. The highest BCUT2D eigenvalue weighted by Gasteiger charge is 2.41. The second-order valence-electron chi connectivity index (χ2n) is 12.8. The van der Waals surface area contributed by atoms with E-state index in [2.05, 4.69) is 182 Å². The molecular formula is C46H30Si. The first-order valence-corrected chi connectivity index (χ1v) is 18.4. The van der Waals surface area contributed by atoms with Crippen LogP contribution in [-0.4, -0.2) is 8.07 Å². The van der Waals surface area contributed by atoms with Crippen molar-refractivity contribution in [1.29, 1.82) is 0 Å². The summed E-state index contributed by atoms with van der Waals surface area (Å²) < 4.78 is 0. The largest absolute Gasteiger partial charge is 0.179 e. The van der Waals surface area contributed by atoms with Gasteiger partial charge in [-0.05, 0) is 85.4 Å². The van der Waals surface area contributed by atoms with Crippen LogP contribution in [0.15, 0.2) is 182 Å². The summed E-state index contributed by atoms with van der Waals surface area (Å²) in [5.74, 6) is 0. The zero-order valence-corrected chi connectivity index (χ0v) is 26.8. The fourth-order valence-electron chi connectivity index (χ4n) is 8.57. The lowest BCUT2D eigenvalue weighted by molar-refractivity contribution is 1.68. The minimum Gasteiger partial charge on any atom is -0.0623 e. The highest BCUT2D eigenvalue weighted by Crippen LogP contribution is 2.42. The molecule has 0 heterocycles. The molecule has 0 aromatic heterocycles. The van der Waals surface area contributed by atoms with Gasteiger partial charge in [0.05, 0.1) is 0 Å². The Morgan fingerprint density at radius 1 is 0.234 bits per heavy atom. The van der Waals surface area contributed by atoms with Crippen molar-refractivity contribution < 1.29 is 0 Å². The average Bonchev–Trinajstić information content (AvgIpc) is 3.14. The van der Waals surface area contributed by atoms with Gasteiger partial charge < -0.3 is 0 Å². The molecule has 0 saturated heterocycles. The van der Waals surface area contributed by atoms with Crippen molar-refractivity contribution in [1.82, 2.24) is 0 Å². The van der Waals surface area contributed by atoms with Crippen molar-refractivity contribution in [3.8, 4) is 0 Å². The number of hydrogen-bond acceptors (Lipinski definition) is 0. The Morgan fingerprint density at radius 3 is 1.02 bits per heavy atom. The lowest BCUT2D eigenvalue weighted by atomic mass is 9.88. The van der Waals surface area contributed by atoms with Gasteiger partial charge in [0.15, 0.2) is 8.07 Å². The fourth-order valence-corrected chi connectivity index (χ4v) is 13.4. The lowest BCUT2D eigenvalue weighted by Crippen LogP contribution is -2.74. The first kappa shape index (κ1) is 26.5. The van der Waals surface area contributed by atoms with Crippen LogP contribution in [0.25, 0.3) is 64.6 Å². The molecular weight excluding hydrogens is 581 g/mol. The first-order valence-electron chi connectivity index (χ1n) is 16.4. The van der Waals surface area contributed by atoms with Crippen LogP contribution in [0, 0.1) is 0 Å². The van der Waals surface area contributed by atoms with Crippen LogP contribution < -0.4 is 20.7 Å². The third kappa shape index (κ3) is 3.69. The van der Waals surface area contributed by atoms with Crippen molar-refractivity contribution in [3.63, 3.8) is 0 Å². The molecule has 0 N–H and O–H groups in total. The molecule has 0 aliphatic carbocycles. The molecule has 10 aromatic rings. The van der Waals surface area contributed by atoms with Crippen LogP contribution in [0.5, 0.6) is 0 Å². The highest BCUT2D eigenvalue weighted by atomic mass is 28.3. The SMILES string of the molecule is c1ccc([Si](c2ccccc2)(c2ccccc2)c2cc3ccc4cccc5c6cccc7ccc8cccc(c(c2)c3c45)c8c76)cc1. The van der Waals surface area contributed by atoms with Crippen molar-refractivity contribution in [3.05, 3.63) is 182 Å². The van der Waals surface area contributed by atoms with Gasteiger partial charge in [-0.15, -0.1) is 0 Å². The Labute approximate surface area is 274 Å². The summed E-state index contributed by atoms with van der Waals surface area (Å²) in [6.07, 6.45) is 0. The molecule has 0 nitrogen and oxygen atoms in total. The van der Waals surface area contributed by atoms with Crippen LogP contribution in [0.3, 0.4) is 0 Å². The van der Waals surface area contributed by atoms with Gasteiger partial charge in [-0.1, -0.05) is 182 Å². The third-order valence-corrected chi connectivity index (χ3v) is 15.2. The molecule has 0 unspecified atom stereocenters. The summed E-state index contributed by atoms with van der Waals surface area (Å²) in [5.41, 5.74) is 0. The van der Waals surface area contributed by atoms with Crippen molar-refractivity contribution in [2.45, 2.75) is 0 Å². The van der Waals surface area contributed by atoms with Gasteiger partial charge in [-0.2, -0.15) is 0 Å². The van der Waals surface area contributed by atoms with Gasteiger partial charge in [0.25, 0.3) is 0 Å². The van der Waals surface area contributed by atoms with E-state index in [9.17, 15) is 0 Å². The van der Waals surface area contributed by atoms with Crippen LogP contribution in [0.4, 0.5) is 0 Å². The summed E-state index contributed by atoms with van der Waals surface area (Å²) >= 11 is 0. The van der Waals surface area contributed by atoms with Crippen molar-refractivity contribution in [2.75, 3.05) is 0 Å². The number of fused-ring (bicyclic) bond motifs is 2. The molecule has 10 rings (SSSR count). The predicted octanol–water partition coefficient (Wildman–Crippen LogP) is 9.42. The molecule has 0 spiro atoms. The molecule has 10 aromatic carbocycles. The topological polar surface area (TPSA) is 0 Å². The molecule has 0 radical (unpaired) electrons. The van der Waals surface area contributed by atoms with Gasteiger partial charge in [0.1, 0.15) is 0 Å². The zero-order chi connectivity index (χ0) is 31.0. The fraction of sp³-hybridized carbons (Fsp3) is 0. The summed E-state index contributed by atoms with van der Waals surface area (Å²) in [6.45, 7) is 0. The maximum atomic E-state index is 2.58. The molecule has 0 aliphatic heterocycles. The maximum Gasteiger partial charge on any atom is 0.179 e. The van der Waals surface area contributed by atoms with E-state index in [0.29, 0.717) is 0 Å². The minimum atomic E-state index is -2.76. The standard InChI is InChI=1S/C46H30Si/c1-4-16-35(17-5-1)47(36-18-6-2-7-19-36,37-20-8-3-9-21-37)38-29-34-28-27-33-14-11-23-40-39-22-10-13-31-25-26-32-15-12-24-41(45(32)43(31)39)42(30-38)46(34)44(33)40/h1-30H. The number of hydrogen-bond donors (Lipinski definition) is 0. The molecule has 1 heteroatoms. The van der Waals surface area contributed by atoms with Crippen molar-refractivity contribution >= 4 is 93.5 Å². The molecule has 0 bridgehead atoms. The Kier molecular flexibility index (Phi) is 5.70. The van der Waals surface area contributed by atoms with E-state index in [-0.39, 0.29) is 0 Å². The number of benzene rings is 9. The van der Waals surface area contributed by atoms with Crippen LogP contribution in [-0.2, 0) is 0 Å². The average molecular weight is 611 g/mol. The third-order valence-electron chi connectivity index (χ3n) is 10.5. The second kappa shape index (κ2) is 10.1. The van der Waals surface area contributed by atoms with E-state index in [1.165, 1.54) is 85.4 Å². The monoisotopic (exact) mass is 610 g/mol. The first-order chi connectivity index (χ1) is 23.3. The van der Waals surface area contributed by atoms with Crippen LogP contribution in [0.2, 0.25) is 0 Å². The molecule has 47 heavy (non-hydrogen) atoms. The molecule has 218 valence electrons. The molecule has 0 fully saturated rings. The molecule has 0 saturated carbocycles. The summed E-state index contributed by atoms with van der Waals surface area (Å²) in [6, 6.07) is 68.8. The van der Waals surface area contributed by atoms with Gasteiger partial charge >= 0.3 is 0 Å². The van der Waals surface area contributed by atoms with E-state index >= 15 is 0 Å². The molecule has 0 aliphatic rings. The Bertz CT molecular complexity index is 2660. The van der Waals surface area contributed by atoms with Gasteiger partial charge in [-0.25, -0.2) is 0 Å². The van der Waals surface area contributed by atoms with E-state index in [1.807, 2.05) is 0 Å². The lowest BCUT2D eigenvalue weighted by Gasteiger charge is -2.35. The Balaban J connectivity index is 1.50. The summed E-state index contributed by atoms with van der Waals surface area (Å²) in [7, 11) is -2.76. The van der Waals surface area contributed by atoms with E-state index in [1.54, 1.807) is 0 Å². The van der Waals surface area contributed by atoms with E-state index < -0.39 is 8.07 Å². The molecule has 0 atom stereocenters. The number of rotatable bonds is 4. The molecule has 0 amide bonds. The van der Waals surface area contributed by atoms with Gasteiger partial charge in [0.2, 0.25) is 0 Å². The van der Waals surface area contributed by atoms with Crippen LogP contribution in [0.1, 0.15) is 0 Å². The van der Waals surface area contributed by atoms with E-state index in [0.717, 1.165) is 0 Å². The minimum absolute atomic E-state index is 1.28. The smallest absolute Gasteiger partial charge is 0.0623 e. The summed E-state index contributed by atoms with van der Waals surface area (Å²) in [4.78, 5) is 0. The zero-order valence-electron chi connectivity index (χ0n) is 25.8. The quantitative estimate of drug-likeness (QED) is 0.106. The maximum absolute atomic E-state index is 2.76. The van der Waals surface area contributed by atoms with Crippen LogP contribution >= 0.6 is 0 Å². The van der Waals surface area contributed by atoms with E-state index in [4.69, 9.17) is 0 Å². The Morgan fingerprint density at radius 2 is 0.596 bits per heavy atom. The summed E-state index contributed by atoms with van der Waals surface area (Å²) in [5, 5.41) is 21.4. The van der Waals surface area contributed by atoms with Gasteiger partial charge in [0, 0.05) is 0 Å².